The lowest BCUT2D eigenvalue weighted by molar-refractivity contribution is -0.139. The molecule has 0 aliphatic rings. The van der Waals surface area contributed by atoms with Gasteiger partial charge >= 0.3 is 5.97 Å². The van der Waals surface area contributed by atoms with Gasteiger partial charge in [-0.25, -0.2) is 0 Å². The summed E-state index contributed by atoms with van der Waals surface area (Å²) in [6.45, 7) is 4.85. The molecule has 0 fully saturated rings. The molecule has 0 radical (unpaired) electrons. The highest BCUT2D eigenvalue weighted by Crippen LogP contribution is 2.04. The second kappa shape index (κ2) is 6.28. The van der Waals surface area contributed by atoms with E-state index < -0.39 is 12.0 Å². The van der Waals surface area contributed by atoms with Crippen LogP contribution in [-0.2, 0) is 11.2 Å². The number of rotatable bonds is 6. The van der Waals surface area contributed by atoms with Gasteiger partial charge in [0.1, 0.15) is 6.04 Å². The molecular weight excluding hydrogens is 202 g/mol. The fourth-order valence-electron chi connectivity index (χ4n) is 1.47. The fraction of sp³-hybridized carbons (Fsp3) is 0.462. The average Bonchev–Trinajstić information content (AvgIpc) is 2.25. The molecule has 3 nitrogen and oxygen atoms in total. The molecule has 16 heavy (non-hydrogen) atoms. The molecule has 0 aromatic heterocycles. The van der Waals surface area contributed by atoms with Gasteiger partial charge in [-0.2, -0.15) is 0 Å². The van der Waals surface area contributed by atoms with Crippen molar-refractivity contribution in [3.05, 3.63) is 35.9 Å². The first-order chi connectivity index (χ1) is 7.59. The van der Waals surface area contributed by atoms with E-state index in [1.165, 1.54) is 0 Å². The number of carboxylic acids is 1. The van der Waals surface area contributed by atoms with E-state index in [2.05, 4.69) is 19.2 Å². The Bertz CT molecular complexity index is 322. The van der Waals surface area contributed by atoms with Gasteiger partial charge < -0.3 is 10.4 Å². The summed E-state index contributed by atoms with van der Waals surface area (Å²) in [5.41, 5.74) is 1.05. The van der Waals surface area contributed by atoms with E-state index in [9.17, 15) is 4.79 Å². The Kier molecular flexibility index (Phi) is 4.99. The molecule has 0 saturated heterocycles. The molecule has 0 spiro atoms. The molecule has 1 aromatic rings. The molecular formula is C13H19NO2. The number of nitrogens with one attached hydrogen (secondary N) is 1. The van der Waals surface area contributed by atoms with Crippen molar-refractivity contribution in [2.45, 2.75) is 26.3 Å². The van der Waals surface area contributed by atoms with E-state index in [1.54, 1.807) is 0 Å². The van der Waals surface area contributed by atoms with Crippen molar-refractivity contribution in [1.82, 2.24) is 5.32 Å². The van der Waals surface area contributed by atoms with E-state index in [0.717, 1.165) is 12.1 Å². The van der Waals surface area contributed by atoms with E-state index in [1.807, 2.05) is 30.3 Å². The summed E-state index contributed by atoms with van der Waals surface area (Å²) in [6, 6.07) is 9.19. The Morgan fingerprint density at radius 3 is 2.44 bits per heavy atom. The molecule has 88 valence electrons. The highest BCUT2D eigenvalue weighted by atomic mass is 16.4. The van der Waals surface area contributed by atoms with Crippen molar-refractivity contribution in [2.75, 3.05) is 6.54 Å². The molecule has 0 amide bonds. The van der Waals surface area contributed by atoms with Gasteiger partial charge in [0.25, 0.3) is 0 Å². The van der Waals surface area contributed by atoms with Gasteiger partial charge in [-0.05, 0) is 24.4 Å². The lowest BCUT2D eigenvalue weighted by Gasteiger charge is -2.15. The van der Waals surface area contributed by atoms with Gasteiger partial charge in [-0.3, -0.25) is 4.79 Å². The zero-order chi connectivity index (χ0) is 12.0. The normalized spacial score (nSPS) is 12.7. The highest BCUT2D eigenvalue weighted by Gasteiger charge is 2.17. The van der Waals surface area contributed by atoms with Gasteiger partial charge in [0.2, 0.25) is 0 Å². The van der Waals surface area contributed by atoms with Crippen LogP contribution in [0.15, 0.2) is 30.3 Å². The molecule has 1 aromatic carbocycles. The Morgan fingerprint density at radius 1 is 1.31 bits per heavy atom. The number of carbonyl (C=O) groups is 1. The maximum Gasteiger partial charge on any atom is 0.321 e. The minimum absolute atomic E-state index is 0.456. The second-order valence-corrected chi connectivity index (χ2v) is 4.38. The number of hydrogen-bond donors (Lipinski definition) is 2. The zero-order valence-electron chi connectivity index (χ0n) is 9.81. The Hall–Kier alpha value is -1.35. The third-order valence-electron chi connectivity index (χ3n) is 2.35. The minimum atomic E-state index is -0.787. The van der Waals surface area contributed by atoms with Crippen LogP contribution in [-0.4, -0.2) is 23.7 Å². The van der Waals surface area contributed by atoms with Crippen molar-refractivity contribution in [1.29, 1.82) is 0 Å². The highest BCUT2D eigenvalue weighted by molar-refractivity contribution is 5.73. The number of carboxylic acid groups (broad SMARTS) is 1. The third-order valence-corrected chi connectivity index (χ3v) is 2.35. The molecule has 0 heterocycles. The van der Waals surface area contributed by atoms with Crippen molar-refractivity contribution in [3.8, 4) is 0 Å². The maximum absolute atomic E-state index is 11.1. The van der Waals surface area contributed by atoms with Crippen LogP contribution in [0.1, 0.15) is 19.4 Å². The largest absolute Gasteiger partial charge is 0.480 e. The van der Waals surface area contributed by atoms with Crippen LogP contribution in [0, 0.1) is 5.92 Å². The second-order valence-electron chi connectivity index (χ2n) is 4.38. The summed E-state index contributed by atoms with van der Waals surface area (Å²) >= 11 is 0. The first-order valence-electron chi connectivity index (χ1n) is 5.59. The molecule has 0 saturated carbocycles. The van der Waals surface area contributed by atoms with Crippen molar-refractivity contribution >= 4 is 5.97 Å². The SMILES string of the molecule is CC(C)CN[C@@H](Cc1ccccc1)C(=O)O. The summed E-state index contributed by atoms with van der Waals surface area (Å²) in [4.78, 5) is 11.1. The van der Waals surface area contributed by atoms with E-state index in [0.29, 0.717) is 12.3 Å². The van der Waals surface area contributed by atoms with Gasteiger partial charge in [0.05, 0.1) is 0 Å². The molecule has 3 heteroatoms. The van der Waals surface area contributed by atoms with Gasteiger partial charge in [0, 0.05) is 0 Å². The summed E-state index contributed by atoms with van der Waals surface area (Å²) in [5, 5.41) is 12.2. The summed E-state index contributed by atoms with van der Waals surface area (Å²) in [6.07, 6.45) is 0.531. The average molecular weight is 221 g/mol. The Labute approximate surface area is 96.5 Å². The van der Waals surface area contributed by atoms with Crippen LogP contribution >= 0.6 is 0 Å². The predicted octanol–water partition coefficient (Wildman–Crippen LogP) is 1.93. The Morgan fingerprint density at radius 2 is 1.94 bits per heavy atom. The van der Waals surface area contributed by atoms with Crippen molar-refractivity contribution < 1.29 is 9.90 Å². The monoisotopic (exact) mass is 221 g/mol. The van der Waals surface area contributed by atoms with Crippen LogP contribution < -0.4 is 5.32 Å². The first kappa shape index (κ1) is 12.7. The lowest BCUT2D eigenvalue weighted by atomic mass is 10.1. The van der Waals surface area contributed by atoms with Gasteiger partial charge in [-0.1, -0.05) is 44.2 Å². The quantitative estimate of drug-likeness (QED) is 0.771. The molecule has 0 aliphatic heterocycles. The molecule has 0 aliphatic carbocycles. The lowest BCUT2D eigenvalue weighted by Crippen LogP contribution is -2.40. The smallest absolute Gasteiger partial charge is 0.321 e. The molecule has 1 atom stereocenters. The zero-order valence-corrected chi connectivity index (χ0v) is 9.81. The predicted molar refractivity (Wildman–Crippen MR) is 64.4 cm³/mol. The van der Waals surface area contributed by atoms with Crippen molar-refractivity contribution in [3.63, 3.8) is 0 Å². The maximum atomic E-state index is 11.1. The van der Waals surface area contributed by atoms with Crippen molar-refractivity contribution in [2.24, 2.45) is 5.92 Å². The van der Waals surface area contributed by atoms with E-state index in [-0.39, 0.29) is 0 Å². The molecule has 0 bridgehead atoms. The first-order valence-corrected chi connectivity index (χ1v) is 5.59. The van der Waals surface area contributed by atoms with Crippen LogP contribution in [0.3, 0.4) is 0 Å². The summed E-state index contributed by atoms with van der Waals surface area (Å²) in [5.74, 6) is -0.331. The van der Waals surface area contributed by atoms with Crippen LogP contribution in [0.4, 0.5) is 0 Å². The van der Waals surface area contributed by atoms with E-state index in [4.69, 9.17) is 5.11 Å². The molecule has 0 unspecified atom stereocenters. The standard InChI is InChI=1S/C13H19NO2/c1-10(2)9-14-12(13(15)16)8-11-6-4-3-5-7-11/h3-7,10,12,14H,8-9H2,1-2H3,(H,15,16)/t12-/m0/s1. The number of hydrogen-bond acceptors (Lipinski definition) is 2. The fourth-order valence-corrected chi connectivity index (χ4v) is 1.47. The van der Waals surface area contributed by atoms with Gasteiger partial charge in [-0.15, -0.1) is 0 Å². The van der Waals surface area contributed by atoms with Crippen LogP contribution in [0.2, 0.25) is 0 Å². The van der Waals surface area contributed by atoms with Crippen LogP contribution in [0.25, 0.3) is 0 Å². The van der Waals surface area contributed by atoms with E-state index >= 15 is 0 Å². The summed E-state index contributed by atoms with van der Waals surface area (Å²) in [7, 11) is 0. The topological polar surface area (TPSA) is 49.3 Å². The molecule has 1 rings (SSSR count). The number of aliphatic carboxylic acids is 1. The third kappa shape index (κ3) is 4.45. The Balaban J connectivity index is 2.55. The summed E-state index contributed by atoms with van der Waals surface area (Å²) < 4.78 is 0. The minimum Gasteiger partial charge on any atom is -0.480 e. The van der Waals surface area contributed by atoms with Crippen LogP contribution in [0.5, 0.6) is 0 Å². The number of benzene rings is 1. The molecule has 2 N–H and O–H groups in total. The van der Waals surface area contributed by atoms with Gasteiger partial charge in [0.15, 0.2) is 0 Å².